The zero-order valence-corrected chi connectivity index (χ0v) is 19.2. The molecule has 0 spiro atoms. The minimum absolute atomic E-state index is 0.0217. The highest BCUT2D eigenvalue weighted by molar-refractivity contribution is 8.26. The van der Waals surface area contributed by atoms with Gasteiger partial charge < -0.3 is 4.57 Å². The van der Waals surface area contributed by atoms with E-state index in [0.717, 1.165) is 16.8 Å². The number of aromatic nitrogens is 1. The van der Waals surface area contributed by atoms with Crippen molar-refractivity contribution >= 4 is 63.5 Å². The van der Waals surface area contributed by atoms with Crippen molar-refractivity contribution in [3.8, 4) is 0 Å². The van der Waals surface area contributed by atoms with Gasteiger partial charge in [-0.2, -0.15) is 5.01 Å². The molecule has 4 rings (SSSR count). The average molecular weight is 499 g/mol. The number of rotatable bonds is 6. The molecule has 8 nitrogen and oxygen atoms in total. The normalized spacial score (nSPS) is 14.7. The van der Waals surface area contributed by atoms with E-state index in [-0.39, 0.29) is 16.6 Å². The van der Waals surface area contributed by atoms with Crippen LogP contribution in [-0.4, -0.2) is 30.6 Å². The standard InChI is InChI=1S/C22H15ClN4O4S2/c23-16-9-7-14(8-10-16)20(28)24-26-21(29)19(33-22(26)32)12-17-5-3-11-25(17)13-15-4-1-2-6-18(15)27(30)31/h1-12H,13H2,(H,24,28)/b19-12+. The summed E-state index contributed by atoms with van der Waals surface area (Å²) in [7, 11) is 0. The van der Waals surface area contributed by atoms with E-state index in [0.29, 0.717) is 26.7 Å². The molecule has 0 radical (unpaired) electrons. The lowest BCUT2D eigenvalue weighted by Gasteiger charge is -2.15. The molecule has 11 heteroatoms. The number of benzene rings is 2. The molecular formula is C22H15ClN4O4S2. The Kier molecular flexibility index (Phi) is 6.59. The van der Waals surface area contributed by atoms with Gasteiger partial charge in [-0.25, -0.2) is 0 Å². The highest BCUT2D eigenvalue weighted by atomic mass is 35.5. The molecule has 2 amide bonds. The van der Waals surface area contributed by atoms with Crippen molar-refractivity contribution in [1.29, 1.82) is 0 Å². The monoisotopic (exact) mass is 498 g/mol. The molecule has 1 aliphatic rings. The van der Waals surface area contributed by atoms with Gasteiger partial charge in [0.2, 0.25) is 0 Å². The number of amides is 2. The highest BCUT2D eigenvalue weighted by Gasteiger charge is 2.34. The van der Waals surface area contributed by atoms with E-state index < -0.39 is 16.7 Å². The SMILES string of the molecule is O=C(NN1C(=O)/C(=C\c2cccn2Cc2ccccc2[N+](=O)[O-])SC1=S)c1ccc(Cl)cc1. The van der Waals surface area contributed by atoms with Gasteiger partial charge in [0.05, 0.1) is 16.4 Å². The van der Waals surface area contributed by atoms with Gasteiger partial charge in [-0.15, -0.1) is 0 Å². The lowest BCUT2D eigenvalue weighted by molar-refractivity contribution is -0.385. The predicted molar refractivity (Wildman–Crippen MR) is 131 cm³/mol. The summed E-state index contributed by atoms with van der Waals surface area (Å²) in [4.78, 5) is 36.6. The van der Waals surface area contributed by atoms with Crippen molar-refractivity contribution in [3.05, 3.63) is 104 Å². The van der Waals surface area contributed by atoms with E-state index >= 15 is 0 Å². The van der Waals surface area contributed by atoms with Crippen LogP contribution < -0.4 is 5.43 Å². The molecule has 33 heavy (non-hydrogen) atoms. The molecule has 2 aromatic carbocycles. The lowest BCUT2D eigenvalue weighted by atomic mass is 10.2. The molecule has 1 fully saturated rings. The summed E-state index contributed by atoms with van der Waals surface area (Å²) in [6.45, 7) is 0.254. The Morgan fingerprint density at radius 3 is 2.61 bits per heavy atom. The summed E-state index contributed by atoms with van der Waals surface area (Å²) in [6.07, 6.45) is 3.41. The molecule has 0 unspecified atom stereocenters. The van der Waals surface area contributed by atoms with Gasteiger partial charge in [0.1, 0.15) is 0 Å². The molecule has 1 aromatic heterocycles. The summed E-state index contributed by atoms with van der Waals surface area (Å²) in [5, 5.41) is 12.8. The van der Waals surface area contributed by atoms with Crippen molar-refractivity contribution in [3.63, 3.8) is 0 Å². The minimum Gasteiger partial charge on any atom is -0.343 e. The first-order valence-electron chi connectivity index (χ1n) is 9.55. The second-order valence-corrected chi connectivity index (χ2v) is 9.02. The number of hydrogen-bond donors (Lipinski definition) is 1. The second-order valence-electron chi connectivity index (χ2n) is 6.91. The number of carbonyl (C=O) groups excluding carboxylic acids is 2. The van der Waals surface area contributed by atoms with Crippen LogP contribution in [0.15, 0.2) is 71.8 Å². The van der Waals surface area contributed by atoms with Crippen LogP contribution in [0.5, 0.6) is 0 Å². The Morgan fingerprint density at radius 2 is 1.88 bits per heavy atom. The Hall–Kier alpha value is -3.47. The first-order valence-corrected chi connectivity index (χ1v) is 11.2. The van der Waals surface area contributed by atoms with Gasteiger partial charge in [0.25, 0.3) is 17.5 Å². The van der Waals surface area contributed by atoms with Crippen molar-refractivity contribution in [2.24, 2.45) is 0 Å². The molecule has 0 saturated carbocycles. The minimum atomic E-state index is -0.496. The molecule has 1 saturated heterocycles. The third kappa shape index (κ3) is 4.98. The van der Waals surface area contributed by atoms with Gasteiger partial charge in [-0.05, 0) is 54.7 Å². The van der Waals surface area contributed by atoms with Crippen LogP contribution in [0.3, 0.4) is 0 Å². The molecule has 1 N–H and O–H groups in total. The number of nitrogens with one attached hydrogen (secondary N) is 1. The maximum Gasteiger partial charge on any atom is 0.285 e. The fourth-order valence-corrected chi connectivity index (χ4v) is 4.46. The van der Waals surface area contributed by atoms with Crippen molar-refractivity contribution in [1.82, 2.24) is 15.0 Å². The molecule has 0 atom stereocenters. The number of nitro benzene ring substituents is 1. The number of hydrazine groups is 1. The Balaban J connectivity index is 1.53. The van der Waals surface area contributed by atoms with Crippen LogP contribution in [-0.2, 0) is 11.3 Å². The van der Waals surface area contributed by atoms with E-state index in [4.69, 9.17) is 23.8 Å². The number of hydrogen-bond acceptors (Lipinski definition) is 6. The van der Waals surface area contributed by atoms with E-state index in [1.165, 1.54) is 6.07 Å². The van der Waals surface area contributed by atoms with Crippen LogP contribution in [0.1, 0.15) is 21.6 Å². The van der Waals surface area contributed by atoms with Crippen molar-refractivity contribution in [2.75, 3.05) is 0 Å². The molecular weight excluding hydrogens is 484 g/mol. The molecule has 1 aliphatic heterocycles. The fourth-order valence-electron chi connectivity index (χ4n) is 3.17. The topological polar surface area (TPSA) is 97.5 Å². The van der Waals surface area contributed by atoms with Gasteiger partial charge in [0.15, 0.2) is 4.32 Å². The number of para-hydroxylation sites is 1. The van der Waals surface area contributed by atoms with Crippen LogP contribution >= 0.6 is 35.6 Å². The van der Waals surface area contributed by atoms with E-state index in [2.05, 4.69) is 5.43 Å². The second kappa shape index (κ2) is 9.57. The summed E-state index contributed by atoms with van der Waals surface area (Å²) in [5.41, 5.74) is 4.07. The number of halogens is 1. The molecule has 166 valence electrons. The fraction of sp³-hybridized carbons (Fsp3) is 0.0455. The number of nitro groups is 1. The van der Waals surface area contributed by atoms with Crippen LogP contribution in [0.4, 0.5) is 5.69 Å². The maximum atomic E-state index is 12.9. The van der Waals surface area contributed by atoms with E-state index in [9.17, 15) is 19.7 Å². The Morgan fingerprint density at radius 1 is 1.15 bits per heavy atom. The first-order chi connectivity index (χ1) is 15.8. The van der Waals surface area contributed by atoms with E-state index in [1.807, 2.05) is 0 Å². The third-order valence-corrected chi connectivity index (χ3v) is 6.34. The smallest absolute Gasteiger partial charge is 0.285 e. The highest BCUT2D eigenvalue weighted by Crippen LogP contribution is 2.32. The first kappa shape index (κ1) is 22.7. The quantitative estimate of drug-likeness (QED) is 0.230. The van der Waals surface area contributed by atoms with Gasteiger partial charge in [0, 0.05) is 34.1 Å². The molecule has 2 heterocycles. The Labute approximate surface area is 202 Å². The van der Waals surface area contributed by atoms with Gasteiger partial charge >= 0.3 is 0 Å². The number of nitrogens with zero attached hydrogens (tertiary/aromatic N) is 3. The zero-order valence-electron chi connectivity index (χ0n) is 16.8. The number of carbonyl (C=O) groups is 2. The number of thiocarbonyl (C=S) groups is 1. The summed E-state index contributed by atoms with van der Waals surface area (Å²) >= 11 is 12.2. The van der Waals surface area contributed by atoms with Gasteiger partial charge in [-0.1, -0.05) is 41.6 Å². The van der Waals surface area contributed by atoms with Crippen LogP contribution in [0.2, 0.25) is 5.02 Å². The van der Waals surface area contributed by atoms with Crippen LogP contribution in [0.25, 0.3) is 6.08 Å². The summed E-state index contributed by atoms with van der Waals surface area (Å²) in [5.74, 6) is -0.963. The summed E-state index contributed by atoms with van der Waals surface area (Å²) < 4.78 is 1.98. The van der Waals surface area contributed by atoms with Gasteiger partial charge in [-0.3, -0.25) is 25.1 Å². The van der Waals surface area contributed by atoms with Crippen molar-refractivity contribution < 1.29 is 14.5 Å². The van der Waals surface area contributed by atoms with Crippen molar-refractivity contribution in [2.45, 2.75) is 6.54 Å². The lowest BCUT2D eigenvalue weighted by Crippen LogP contribution is -2.44. The maximum absolute atomic E-state index is 12.9. The van der Waals surface area contributed by atoms with Crippen LogP contribution in [0, 0.1) is 10.1 Å². The predicted octanol–water partition coefficient (Wildman–Crippen LogP) is 4.64. The Bertz CT molecular complexity index is 1300. The zero-order chi connectivity index (χ0) is 23.5. The molecule has 3 aromatic rings. The summed E-state index contributed by atoms with van der Waals surface area (Å²) in [6, 6.07) is 16.3. The number of thioether (sulfide) groups is 1. The third-order valence-electron chi connectivity index (χ3n) is 4.79. The average Bonchev–Trinajstić information content (AvgIpc) is 3.33. The van der Waals surface area contributed by atoms with E-state index in [1.54, 1.807) is 71.4 Å². The molecule has 0 bridgehead atoms. The largest absolute Gasteiger partial charge is 0.343 e. The molecule has 0 aliphatic carbocycles.